The third kappa shape index (κ3) is 5.45. The van der Waals surface area contributed by atoms with Crippen LogP contribution >= 0.6 is 11.8 Å². The molecule has 0 aromatic rings. The molecule has 3 heterocycles. The predicted octanol–water partition coefficient (Wildman–Crippen LogP) is 4.44. The number of allylic oxidation sites excluding steroid dienone is 1. The molecule has 8 atom stereocenters. The number of rotatable bonds is 16. The van der Waals surface area contributed by atoms with E-state index in [9.17, 15) is 19.5 Å². The van der Waals surface area contributed by atoms with Crippen LogP contribution < -0.4 is 0 Å². The number of fused-ring (bicyclic) bond motifs is 1. The van der Waals surface area contributed by atoms with Gasteiger partial charge in [-0.1, -0.05) is 52.7 Å². The molecule has 8 heteroatoms. The molecule has 7 nitrogen and oxygen atoms in total. The summed E-state index contributed by atoms with van der Waals surface area (Å²) in [5.74, 6) is -1.68. The van der Waals surface area contributed by atoms with Gasteiger partial charge in [-0.2, -0.15) is 0 Å². The molecular weight excluding hydrogens is 500 g/mol. The molecule has 2 amide bonds. The van der Waals surface area contributed by atoms with Crippen molar-refractivity contribution < 1.29 is 24.2 Å². The van der Waals surface area contributed by atoms with Crippen molar-refractivity contribution in [1.82, 2.24) is 9.80 Å². The summed E-state index contributed by atoms with van der Waals surface area (Å²) in [7, 11) is 0. The standard InChI is InChI=1S/C30H48N2O5S/c1-7-11-13-14-17-37-29(36)24-23-18-21(6)30(38-23)25(24)27(34)32(22(19-33)20(5)10-4)26(30)28(35)31(15-9-3)16-12-8-2/h7,9,20-26,33H,1,3,8,10-19H2,2,4-6H3/t20-,21?,22-,23-,24+,25-,26?,30?/m0/s1. The molecule has 38 heavy (non-hydrogen) atoms. The second-order valence-corrected chi connectivity index (χ2v) is 12.9. The normalized spacial score (nSPS) is 31.1. The molecule has 0 aliphatic carbocycles. The number of thioether (sulfide) groups is 1. The van der Waals surface area contributed by atoms with E-state index >= 15 is 0 Å². The molecule has 0 saturated carbocycles. The fraction of sp³-hybridized carbons (Fsp3) is 0.767. The predicted molar refractivity (Wildman–Crippen MR) is 153 cm³/mol. The minimum atomic E-state index is -0.724. The number of aliphatic hydroxyl groups excluding tert-OH is 1. The van der Waals surface area contributed by atoms with E-state index in [2.05, 4.69) is 27.0 Å². The second kappa shape index (κ2) is 13.5. The van der Waals surface area contributed by atoms with Crippen LogP contribution in [-0.2, 0) is 19.1 Å². The van der Waals surface area contributed by atoms with Crippen LogP contribution in [0.4, 0.5) is 0 Å². The second-order valence-electron chi connectivity index (χ2n) is 11.3. The summed E-state index contributed by atoms with van der Waals surface area (Å²) in [5.41, 5.74) is 0. The highest BCUT2D eigenvalue weighted by Crippen LogP contribution is 2.69. The number of likely N-dealkylation sites (tertiary alicyclic amines) is 1. The average molecular weight is 549 g/mol. The quantitative estimate of drug-likeness (QED) is 0.174. The van der Waals surface area contributed by atoms with Crippen LogP contribution in [0.25, 0.3) is 0 Å². The van der Waals surface area contributed by atoms with Gasteiger partial charge in [0.2, 0.25) is 11.8 Å². The first-order valence-electron chi connectivity index (χ1n) is 14.5. The highest BCUT2D eigenvalue weighted by Gasteiger charge is 2.77. The summed E-state index contributed by atoms with van der Waals surface area (Å²) in [6, 6.07) is -1.21. The minimum Gasteiger partial charge on any atom is -0.465 e. The Bertz CT molecular complexity index is 881. The van der Waals surface area contributed by atoms with Gasteiger partial charge in [0, 0.05) is 18.3 Å². The number of ether oxygens (including phenoxy) is 1. The Balaban J connectivity index is 2.02. The zero-order valence-electron chi connectivity index (χ0n) is 23.8. The summed E-state index contributed by atoms with van der Waals surface area (Å²) >= 11 is 1.66. The number of hydrogen-bond acceptors (Lipinski definition) is 6. The summed E-state index contributed by atoms with van der Waals surface area (Å²) in [6.07, 6.45) is 9.45. The summed E-state index contributed by atoms with van der Waals surface area (Å²) in [5, 5.41) is 10.5. The molecule has 3 fully saturated rings. The molecule has 1 spiro atoms. The van der Waals surface area contributed by atoms with Crippen LogP contribution in [0.15, 0.2) is 25.3 Å². The van der Waals surface area contributed by atoms with E-state index in [1.54, 1.807) is 22.7 Å². The molecule has 3 saturated heterocycles. The smallest absolute Gasteiger partial charge is 0.310 e. The van der Waals surface area contributed by atoms with Crippen LogP contribution in [0.1, 0.15) is 72.6 Å². The number of amides is 2. The van der Waals surface area contributed by atoms with E-state index in [4.69, 9.17) is 4.74 Å². The van der Waals surface area contributed by atoms with Crippen LogP contribution in [0, 0.1) is 23.7 Å². The Labute approximate surface area is 233 Å². The summed E-state index contributed by atoms with van der Waals surface area (Å²) in [4.78, 5) is 45.8. The minimum absolute atomic E-state index is 0.00532. The first kappa shape index (κ1) is 30.7. The van der Waals surface area contributed by atoms with E-state index in [1.165, 1.54) is 0 Å². The molecule has 3 rings (SSSR count). The molecule has 3 unspecified atom stereocenters. The lowest BCUT2D eigenvalue weighted by molar-refractivity contribution is -0.155. The highest BCUT2D eigenvalue weighted by molar-refractivity contribution is 8.02. The molecule has 3 aliphatic rings. The molecule has 1 N–H and O–H groups in total. The number of nitrogens with zero attached hydrogens (tertiary/aromatic N) is 2. The molecular formula is C30H48N2O5S. The molecule has 3 aliphatic heterocycles. The third-order valence-electron chi connectivity index (χ3n) is 9.02. The first-order valence-corrected chi connectivity index (χ1v) is 15.4. The lowest BCUT2D eigenvalue weighted by Crippen LogP contribution is -2.60. The van der Waals surface area contributed by atoms with Gasteiger partial charge < -0.3 is 19.6 Å². The Morgan fingerprint density at radius 2 is 2.00 bits per heavy atom. The van der Waals surface area contributed by atoms with Gasteiger partial charge >= 0.3 is 5.97 Å². The van der Waals surface area contributed by atoms with Gasteiger partial charge in [0.15, 0.2) is 0 Å². The van der Waals surface area contributed by atoms with Crippen molar-refractivity contribution in [3.8, 4) is 0 Å². The van der Waals surface area contributed by atoms with Gasteiger partial charge in [0.1, 0.15) is 6.04 Å². The molecule has 0 aromatic heterocycles. The van der Waals surface area contributed by atoms with Gasteiger partial charge in [-0.05, 0) is 43.9 Å². The van der Waals surface area contributed by atoms with Crippen LogP contribution in [0.2, 0.25) is 0 Å². The number of aliphatic hydroxyl groups is 1. The number of carbonyl (C=O) groups excluding carboxylic acids is 3. The van der Waals surface area contributed by atoms with Crippen molar-refractivity contribution in [2.45, 2.75) is 94.7 Å². The molecule has 214 valence electrons. The number of unbranched alkanes of at least 4 members (excludes halogenated alkanes) is 3. The lowest BCUT2D eigenvalue weighted by Gasteiger charge is -2.43. The molecule has 0 aromatic carbocycles. The average Bonchev–Trinajstić information content (AvgIpc) is 3.50. The number of carbonyl (C=O) groups is 3. The third-order valence-corrected chi connectivity index (χ3v) is 11.1. The lowest BCUT2D eigenvalue weighted by atomic mass is 9.66. The van der Waals surface area contributed by atoms with Crippen LogP contribution in [0.5, 0.6) is 0 Å². The van der Waals surface area contributed by atoms with Crippen molar-refractivity contribution in [3.05, 3.63) is 25.3 Å². The van der Waals surface area contributed by atoms with Gasteiger partial charge in [-0.15, -0.1) is 24.9 Å². The van der Waals surface area contributed by atoms with Crippen molar-refractivity contribution in [1.29, 1.82) is 0 Å². The van der Waals surface area contributed by atoms with Gasteiger partial charge in [0.25, 0.3) is 0 Å². The largest absolute Gasteiger partial charge is 0.465 e. The topological polar surface area (TPSA) is 87.2 Å². The zero-order valence-corrected chi connectivity index (χ0v) is 24.6. The van der Waals surface area contributed by atoms with Crippen molar-refractivity contribution in [2.75, 3.05) is 26.3 Å². The Hall–Kier alpha value is -1.80. The van der Waals surface area contributed by atoms with Crippen molar-refractivity contribution in [2.24, 2.45) is 23.7 Å². The van der Waals surface area contributed by atoms with Gasteiger partial charge in [0.05, 0.1) is 35.8 Å². The van der Waals surface area contributed by atoms with Gasteiger partial charge in [-0.25, -0.2) is 0 Å². The summed E-state index contributed by atoms with van der Waals surface area (Å²) < 4.78 is 5.01. The maximum absolute atomic E-state index is 14.4. The Kier molecular flexibility index (Phi) is 10.9. The van der Waals surface area contributed by atoms with E-state index in [0.29, 0.717) is 19.7 Å². The van der Waals surface area contributed by atoms with Crippen LogP contribution in [-0.4, -0.2) is 81.1 Å². The van der Waals surface area contributed by atoms with E-state index in [1.807, 2.05) is 24.8 Å². The highest BCUT2D eigenvalue weighted by atomic mass is 32.2. The number of hydrogen-bond donors (Lipinski definition) is 1. The first-order chi connectivity index (χ1) is 18.2. The maximum Gasteiger partial charge on any atom is 0.310 e. The van der Waals surface area contributed by atoms with Crippen molar-refractivity contribution in [3.63, 3.8) is 0 Å². The maximum atomic E-state index is 14.4. The zero-order chi connectivity index (χ0) is 28.0. The van der Waals surface area contributed by atoms with E-state index in [-0.39, 0.29) is 41.5 Å². The monoisotopic (exact) mass is 548 g/mol. The van der Waals surface area contributed by atoms with E-state index in [0.717, 1.165) is 44.9 Å². The summed E-state index contributed by atoms with van der Waals surface area (Å²) in [6.45, 7) is 17.0. The van der Waals surface area contributed by atoms with Crippen molar-refractivity contribution >= 4 is 29.5 Å². The van der Waals surface area contributed by atoms with Gasteiger partial charge in [-0.3, -0.25) is 14.4 Å². The Morgan fingerprint density at radius 3 is 2.61 bits per heavy atom. The molecule has 0 radical (unpaired) electrons. The van der Waals surface area contributed by atoms with E-state index < -0.39 is 28.7 Å². The fourth-order valence-corrected chi connectivity index (χ4v) is 9.20. The number of esters is 1. The van der Waals surface area contributed by atoms with Crippen LogP contribution in [0.3, 0.4) is 0 Å². The Morgan fingerprint density at radius 1 is 1.26 bits per heavy atom. The SMILES string of the molecule is C=CCCCCOC(=O)[C@@H]1[C@@H]2CC(C)C3(S2)C(C(=O)N(CC=C)CCCC)N([C@@H](CO)[C@@H](C)CC)C(=O)[C@H]13. The fourth-order valence-electron chi connectivity index (χ4n) is 6.81. The molecule has 2 bridgehead atoms.